The van der Waals surface area contributed by atoms with E-state index >= 15 is 0 Å². The van der Waals surface area contributed by atoms with Crippen LogP contribution in [0.3, 0.4) is 0 Å². The van der Waals surface area contributed by atoms with Crippen molar-refractivity contribution in [2.24, 2.45) is 0 Å². The molecule has 1 aliphatic heterocycles. The summed E-state index contributed by atoms with van der Waals surface area (Å²) in [7, 11) is 2.07. The largest absolute Gasteiger partial charge is 0.370 e. The standard InChI is InChI=1S/C12H17FN2/c1-15(12-3-2-8-14-9-12)11-6-4-10(13)5-7-11/h4-7,12,14H,2-3,8-9H2,1H3. The number of nitrogens with one attached hydrogen (secondary N) is 1. The molecule has 0 amide bonds. The average molecular weight is 208 g/mol. The summed E-state index contributed by atoms with van der Waals surface area (Å²) in [5.41, 5.74) is 1.09. The lowest BCUT2D eigenvalue weighted by Gasteiger charge is -2.33. The van der Waals surface area contributed by atoms with E-state index in [0.717, 1.165) is 18.8 Å². The number of hydrogen-bond acceptors (Lipinski definition) is 2. The Kier molecular flexibility index (Phi) is 3.21. The first-order valence-corrected chi connectivity index (χ1v) is 5.46. The first-order valence-electron chi connectivity index (χ1n) is 5.46. The molecule has 2 rings (SSSR count). The van der Waals surface area contributed by atoms with Crippen molar-refractivity contribution >= 4 is 5.69 Å². The van der Waals surface area contributed by atoms with Gasteiger partial charge in [0, 0.05) is 25.3 Å². The van der Waals surface area contributed by atoms with E-state index in [1.54, 1.807) is 0 Å². The van der Waals surface area contributed by atoms with Crippen molar-refractivity contribution in [2.45, 2.75) is 18.9 Å². The Hall–Kier alpha value is -1.09. The molecule has 1 heterocycles. The van der Waals surface area contributed by atoms with Gasteiger partial charge in [-0.3, -0.25) is 0 Å². The Morgan fingerprint density at radius 1 is 1.33 bits per heavy atom. The molecule has 0 radical (unpaired) electrons. The van der Waals surface area contributed by atoms with Gasteiger partial charge in [0.1, 0.15) is 5.82 Å². The van der Waals surface area contributed by atoms with Crippen LogP contribution in [0.25, 0.3) is 0 Å². The van der Waals surface area contributed by atoms with Crippen LogP contribution in [0.2, 0.25) is 0 Å². The molecule has 1 fully saturated rings. The fraction of sp³-hybridized carbons (Fsp3) is 0.500. The van der Waals surface area contributed by atoms with Crippen LogP contribution in [-0.2, 0) is 0 Å². The van der Waals surface area contributed by atoms with E-state index in [1.807, 2.05) is 12.1 Å². The number of piperidine rings is 1. The normalized spacial score (nSPS) is 21.3. The number of rotatable bonds is 2. The van der Waals surface area contributed by atoms with E-state index in [2.05, 4.69) is 17.3 Å². The zero-order chi connectivity index (χ0) is 10.7. The first-order chi connectivity index (χ1) is 7.27. The lowest BCUT2D eigenvalue weighted by Crippen LogP contribution is -2.44. The van der Waals surface area contributed by atoms with Crippen molar-refractivity contribution in [3.63, 3.8) is 0 Å². The van der Waals surface area contributed by atoms with Crippen LogP contribution in [0.5, 0.6) is 0 Å². The Bertz CT molecular complexity index is 304. The van der Waals surface area contributed by atoms with E-state index in [4.69, 9.17) is 0 Å². The summed E-state index contributed by atoms with van der Waals surface area (Å²) in [6.07, 6.45) is 2.43. The average Bonchev–Trinajstić information content (AvgIpc) is 2.30. The second-order valence-electron chi connectivity index (χ2n) is 4.09. The smallest absolute Gasteiger partial charge is 0.123 e. The van der Waals surface area contributed by atoms with E-state index in [-0.39, 0.29) is 5.82 Å². The second-order valence-corrected chi connectivity index (χ2v) is 4.09. The van der Waals surface area contributed by atoms with Crippen LogP contribution in [0.4, 0.5) is 10.1 Å². The molecule has 1 aliphatic rings. The van der Waals surface area contributed by atoms with Gasteiger partial charge in [-0.1, -0.05) is 0 Å². The van der Waals surface area contributed by atoms with E-state index in [0.29, 0.717) is 6.04 Å². The van der Waals surface area contributed by atoms with Gasteiger partial charge in [0.25, 0.3) is 0 Å². The number of anilines is 1. The molecular formula is C12H17FN2. The molecule has 2 nitrogen and oxygen atoms in total. The van der Waals surface area contributed by atoms with Gasteiger partial charge >= 0.3 is 0 Å². The van der Waals surface area contributed by atoms with E-state index in [9.17, 15) is 4.39 Å². The fourth-order valence-corrected chi connectivity index (χ4v) is 2.05. The van der Waals surface area contributed by atoms with Crippen LogP contribution in [-0.4, -0.2) is 26.2 Å². The molecule has 82 valence electrons. The molecule has 1 atom stereocenters. The molecule has 0 aliphatic carbocycles. The first kappa shape index (κ1) is 10.4. The van der Waals surface area contributed by atoms with Gasteiger partial charge in [-0.25, -0.2) is 4.39 Å². The summed E-state index contributed by atoms with van der Waals surface area (Å²) in [5.74, 6) is -0.172. The van der Waals surface area contributed by atoms with Crippen molar-refractivity contribution in [3.8, 4) is 0 Å². The number of likely N-dealkylation sites (N-methyl/N-ethyl adjacent to an activating group) is 1. The van der Waals surface area contributed by atoms with Crippen molar-refractivity contribution in [1.82, 2.24) is 5.32 Å². The maximum atomic E-state index is 12.8. The maximum absolute atomic E-state index is 12.8. The molecule has 0 aromatic heterocycles. The van der Waals surface area contributed by atoms with Gasteiger partial charge in [0.15, 0.2) is 0 Å². The van der Waals surface area contributed by atoms with Crippen LogP contribution in [0.15, 0.2) is 24.3 Å². The number of nitrogens with zero attached hydrogens (tertiary/aromatic N) is 1. The van der Waals surface area contributed by atoms with Crippen LogP contribution < -0.4 is 10.2 Å². The molecular weight excluding hydrogens is 191 g/mol. The maximum Gasteiger partial charge on any atom is 0.123 e. The Morgan fingerprint density at radius 2 is 2.07 bits per heavy atom. The Labute approximate surface area is 90.1 Å². The predicted molar refractivity (Wildman–Crippen MR) is 60.7 cm³/mol. The SMILES string of the molecule is CN(c1ccc(F)cc1)C1CCCNC1. The molecule has 1 saturated heterocycles. The summed E-state index contributed by atoms with van der Waals surface area (Å²) in [4.78, 5) is 2.23. The van der Waals surface area contributed by atoms with Crippen molar-refractivity contribution in [1.29, 1.82) is 0 Å². The number of hydrogen-bond donors (Lipinski definition) is 1. The molecule has 1 aromatic carbocycles. The van der Waals surface area contributed by atoms with Crippen molar-refractivity contribution in [3.05, 3.63) is 30.1 Å². The second kappa shape index (κ2) is 4.62. The Morgan fingerprint density at radius 3 is 2.67 bits per heavy atom. The van der Waals surface area contributed by atoms with Gasteiger partial charge in [0.2, 0.25) is 0 Å². The van der Waals surface area contributed by atoms with Crippen LogP contribution >= 0.6 is 0 Å². The van der Waals surface area contributed by atoms with Gasteiger partial charge in [-0.2, -0.15) is 0 Å². The molecule has 1 N–H and O–H groups in total. The molecule has 0 spiro atoms. The monoisotopic (exact) mass is 208 g/mol. The van der Waals surface area contributed by atoms with Gasteiger partial charge in [-0.05, 0) is 43.7 Å². The highest BCUT2D eigenvalue weighted by molar-refractivity contribution is 5.46. The third kappa shape index (κ3) is 2.48. The zero-order valence-electron chi connectivity index (χ0n) is 9.04. The minimum Gasteiger partial charge on any atom is -0.370 e. The summed E-state index contributed by atoms with van der Waals surface area (Å²) in [6.45, 7) is 2.14. The van der Waals surface area contributed by atoms with E-state index < -0.39 is 0 Å². The summed E-state index contributed by atoms with van der Waals surface area (Å²) in [6, 6.07) is 7.24. The van der Waals surface area contributed by atoms with Crippen LogP contribution in [0, 0.1) is 5.82 Å². The van der Waals surface area contributed by atoms with Crippen LogP contribution in [0.1, 0.15) is 12.8 Å². The predicted octanol–water partition coefficient (Wildman–Crippen LogP) is 2.01. The molecule has 1 aromatic rings. The van der Waals surface area contributed by atoms with Gasteiger partial charge < -0.3 is 10.2 Å². The quantitative estimate of drug-likeness (QED) is 0.800. The molecule has 1 unspecified atom stereocenters. The van der Waals surface area contributed by atoms with Gasteiger partial charge in [-0.15, -0.1) is 0 Å². The third-order valence-corrected chi connectivity index (χ3v) is 3.05. The number of halogens is 1. The van der Waals surface area contributed by atoms with E-state index in [1.165, 1.54) is 25.0 Å². The highest BCUT2D eigenvalue weighted by Crippen LogP contribution is 2.18. The topological polar surface area (TPSA) is 15.3 Å². The minimum absolute atomic E-state index is 0.172. The minimum atomic E-state index is -0.172. The molecule has 0 bridgehead atoms. The third-order valence-electron chi connectivity index (χ3n) is 3.05. The highest BCUT2D eigenvalue weighted by atomic mass is 19.1. The summed E-state index contributed by atoms with van der Waals surface area (Å²) >= 11 is 0. The number of benzene rings is 1. The van der Waals surface area contributed by atoms with Crippen molar-refractivity contribution < 1.29 is 4.39 Å². The zero-order valence-corrected chi connectivity index (χ0v) is 9.04. The summed E-state index contributed by atoms with van der Waals surface area (Å²) < 4.78 is 12.8. The summed E-state index contributed by atoms with van der Waals surface area (Å²) in [5, 5.41) is 3.38. The van der Waals surface area contributed by atoms with Gasteiger partial charge in [0.05, 0.1) is 0 Å². The highest BCUT2D eigenvalue weighted by Gasteiger charge is 2.17. The van der Waals surface area contributed by atoms with Crippen molar-refractivity contribution in [2.75, 3.05) is 25.0 Å². The lowest BCUT2D eigenvalue weighted by atomic mass is 10.1. The Balaban J connectivity index is 2.05. The molecule has 0 saturated carbocycles. The molecule has 3 heteroatoms. The molecule has 15 heavy (non-hydrogen) atoms. The fourth-order valence-electron chi connectivity index (χ4n) is 2.05. The lowest BCUT2D eigenvalue weighted by molar-refractivity contribution is 0.445.